The smallest absolute Gasteiger partial charge is 0.355 e. The van der Waals surface area contributed by atoms with E-state index in [0.29, 0.717) is 19.0 Å². The van der Waals surface area contributed by atoms with Crippen LogP contribution in [0.15, 0.2) is 54.6 Å². The number of para-hydroxylation sites is 1. The van der Waals surface area contributed by atoms with Crippen LogP contribution in [0.2, 0.25) is 0 Å². The summed E-state index contributed by atoms with van der Waals surface area (Å²) in [5, 5.41) is 1.01. The van der Waals surface area contributed by atoms with Gasteiger partial charge in [0.1, 0.15) is 18.2 Å². The maximum absolute atomic E-state index is 12.5. The van der Waals surface area contributed by atoms with E-state index in [2.05, 4.69) is 4.90 Å². The summed E-state index contributed by atoms with van der Waals surface area (Å²) in [6.45, 7) is 5.01. The molecular formula is C22H24N2O3. The number of benzene rings is 2. The molecule has 0 saturated carbocycles. The molecule has 0 amide bonds. The molecule has 140 valence electrons. The summed E-state index contributed by atoms with van der Waals surface area (Å²) in [7, 11) is 0. The average Bonchev–Trinajstić information content (AvgIpc) is 3.35. The number of rotatable bonds is 6. The molecule has 27 heavy (non-hydrogen) atoms. The number of hydrogen-bond acceptors (Lipinski definition) is 4. The number of fused-ring (bicyclic) bond motifs is 1. The Hall–Kier alpha value is -2.79. The molecule has 0 spiro atoms. The Bertz CT molecular complexity index is 924. The molecule has 0 bridgehead atoms. The van der Waals surface area contributed by atoms with Crippen LogP contribution in [0, 0.1) is 0 Å². The fourth-order valence-corrected chi connectivity index (χ4v) is 3.56. The predicted molar refractivity (Wildman–Crippen MR) is 106 cm³/mol. The first kappa shape index (κ1) is 17.6. The summed E-state index contributed by atoms with van der Waals surface area (Å²) in [6, 6.07) is 17.7. The molecule has 1 fully saturated rings. The van der Waals surface area contributed by atoms with Crippen molar-refractivity contribution < 1.29 is 14.3 Å². The number of ether oxygens (including phenoxy) is 2. The summed E-state index contributed by atoms with van der Waals surface area (Å²) in [5.74, 6) is 0.517. The Kier molecular flexibility index (Phi) is 5.12. The van der Waals surface area contributed by atoms with Gasteiger partial charge in [-0.05, 0) is 56.2 Å². The van der Waals surface area contributed by atoms with Crippen LogP contribution in [0.5, 0.6) is 5.75 Å². The lowest BCUT2D eigenvalue weighted by molar-refractivity contribution is 0.0517. The molecular weight excluding hydrogens is 340 g/mol. The van der Waals surface area contributed by atoms with Crippen molar-refractivity contribution >= 4 is 16.9 Å². The third-order valence-electron chi connectivity index (χ3n) is 4.90. The molecule has 3 aromatic rings. The van der Waals surface area contributed by atoms with Gasteiger partial charge in [-0.15, -0.1) is 0 Å². The Balaban J connectivity index is 1.62. The van der Waals surface area contributed by atoms with Crippen molar-refractivity contribution in [3.05, 3.63) is 60.3 Å². The van der Waals surface area contributed by atoms with Gasteiger partial charge in [-0.3, -0.25) is 4.90 Å². The van der Waals surface area contributed by atoms with E-state index < -0.39 is 0 Å². The topological polar surface area (TPSA) is 43.7 Å². The van der Waals surface area contributed by atoms with Gasteiger partial charge in [0.05, 0.1) is 12.1 Å². The Labute approximate surface area is 159 Å². The number of likely N-dealkylation sites (tertiary alicyclic amines) is 1. The van der Waals surface area contributed by atoms with Crippen LogP contribution >= 0.6 is 0 Å². The number of hydrogen-bond donors (Lipinski definition) is 0. The molecule has 0 radical (unpaired) electrons. The molecule has 0 N–H and O–H groups in total. The zero-order valence-corrected chi connectivity index (χ0v) is 15.6. The molecule has 0 atom stereocenters. The molecule has 1 aromatic heterocycles. The summed E-state index contributed by atoms with van der Waals surface area (Å²) in [5.41, 5.74) is 2.42. The van der Waals surface area contributed by atoms with Gasteiger partial charge in [0.2, 0.25) is 0 Å². The number of carbonyl (C=O) groups is 1. The predicted octanol–water partition coefficient (Wildman–Crippen LogP) is 4.24. The summed E-state index contributed by atoms with van der Waals surface area (Å²) < 4.78 is 13.1. The van der Waals surface area contributed by atoms with Gasteiger partial charge in [-0.1, -0.05) is 18.2 Å². The second-order valence-corrected chi connectivity index (χ2v) is 6.74. The van der Waals surface area contributed by atoms with Gasteiger partial charge in [-0.25, -0.2) is 4.79 Å². The standard InChI is InChI=1S/C22H24N2O3/c1-2-26-22(25)21-15-17-7-3-4-8-20(17)24(21)18-9-11-19(12-10-18)27-16-23-13-5-6-14-23/h3-4,7-12,15H,2,5-6,13-14,16H2,1H3. The van der Waals surface area contributed by atoms with Gasteiger partial charge in [0.15, 0.2) is 0 Å². The Morgan fingerprint density at radius 3 is 2.52 bits per heavy atom. The summed E-state index contributed by atoms with van der Waals surface area (Å²) >= 11 is 0. The van der Waals surface area contributed by atoms with Crippen molar-refractivity contribution in [3.8, 4) is 11.4 Å². The first-order valence-corrected chi connectivity index (χ1v) is 9.49. The minimum absolute atomic E-state index is 0.317. The van der Waals surface area contributed by atoms with Gasteiger partial charge < -0.3 is 14.0 Å². The first-order valence-electron chi connectivity index (χ1n) is 9.49. The molecule has 0 unspecified atom stereocenters. The van der Waals surface area contributed by atoms with Crippen LogP contribution in [-0.2, 0) is 4.74 Å². The van der Waals surface area contributed by atoms with E-state index in [1.54, 1.807) is 0 Å². The quantitative estimate of drug-likeness (QED) is 0.614. The molecule has 2 aromatic carbocycles. The monoisotopic (exact) mass is 364 g/mol. The molecule has 1 aliphatic rings. The largest absolute Gasteiger partial charge is 0.478 e. The van der Waals surface area contributed by atoms with E-state index >= 15 is 0 Å². The fraction of sp³-hybridized carbons (Fsp3) is 0.318. The molecule has 5 heteroatoms. The van der Waals surface area contributed by atoms with Crippen LogP contribution in [0.1, 0.15) is 30.3 Å². The fourth-order valence-electron chi connectivity index (χ4n) is 3.56. The van der Waals surface area contributed by atoms with Crippen LogP contribution in [0.25, 0.3) is 16.6 Å². The van der Waals surface area contributed by atoms with Crippen LogP contribution < -0.4 is 4.74 Å². The van der Waals surface area contributed by atoms with Crippen molar-refractivity contribution in [3.63, 3.8) is 0 Å². The van der Waals surface area contributed by atoms with Crippen molar-refractivity contribution in [1.29, 1.82) is 0 Å². The lowest BCUT2D eigenvalue weighted by atomic mass is 10.2. The Morgan fingerprint density at radius 2 is 1.78 bits per heavy atom. The minimum atomic E-state index is -0.317. The van der Waals surface area contributed by atoms with E-state index in [1.165, 1.54) is 12.8 Å². The SMILES string of the molecule is CCOC(=O)c1cc2ccccc2n1-c1ccc(OCN2CCCC2)cc1. The normalized spacial score (nSPS) is 14.6. The third-order valence-corrected chi connectivity index (χ3v) is 4.90. The summed E-state index contributed by atoms with van der Waals surface area (Å²) in [4.78, 5) is 14.8. The van der Waals surface area contributed by atoms with E-state index in [0.717, 1.165) is 35.4 Å². The average molecular weight is 364 g/mol. The van der Waals surface area contributed by atoms with E-state index in [1.807, 2.05) is 66.1 Å². The van der Waals surface area contributed by atoms with Crippen LogP contribution in [0.4, 0.5) is 0 Å². The lowest BCUT2D eigenvalue weighted by Gasteiger charge is -2.16. The van der Waals surface area contributed by atoms with Crippen molar-refractivity contribution in [2.45, 2.75) is 19.8 Å². The second-order valence-electron chi connectivity index (χ2n) is 6.74. The molecule has 5 nitrogen and oxygen atoms in total. The highest BCUT2D eigenvalue weighted by Gasteiger charge is 2.18. The van der Waals surface area contributed by atoms with Gasteiger partial charge in [-0.2, -0.15) is 0 Å². The van der Waals surface area contributed by atoms with Crippen LogP contribution in [0.3, 0.4) is 0 Å². The van der Waals surface area contributed by atoms with Gasteiger partial charge >= 0.3 is 5.97 Å². The molecule has 0 aliphatic carbocycles. The van der Waals surface area contributed by atoms with E-state index in [4.69, 9.17) is 9.47 Å². The second kappa shape index (κ2) is 7.84. The Morgan fingerprint density at radius 1 is 1.04 bits per heavy atom. The highest BCUT2D eigenvalue weighted by atomic mass is 16.5. The third kappa shape index (κ3) is 3.69. The van der Waals surface area contributed by atoms with Crippen molar-refractivity contribution in [2.75, 3.05) is 26.4 Å². The molecule has 2 heterocycles. The molecule has 1 aliphatic heterocycles. The van der Waals surface area contributed by atoms with Crippen molar-refractivity contribution in [2.24, 2.45) is 0 Å². The molecule has 4 rings (SSSR count). The zero-order chi connectivity index (χ0) is 18.6. The lowest BCUT2D eigenvalue weighted by Crippen LogP contribution is -2.24. The van der Waals surface area contributed by atoms with E-state index in [-0.39, 0.29) is 5.97 Å². The first-order chi connectivity index (χ1) is 13.3. The number of nitrogens with zero attached hydrogens (tertiary/aromatic N) is 2. The van der Waals surface area contributed by atoms with Gasteiger partial charge in [0.25, 0.3) is 0 Å². The number of aromatic nitrogens is 1. The summed E-state index contributed by atoms with van der Waals surface area (Å²) in [6.07, 6.45) is 2.50. The van der Waals surface area contributed by atoms with E-state index in [9.17, 15) is 4.79 Å². The maximum atomic E-state index is 12.5. The highest BCUT2D eigenvalue weighted by molar-refractivity contribution is 5.97. The molecule has 1 saturated heterocycles. The van der Waals surface area contributed by atoms with Crippen molar-refractivity contribution in [1.82, 2.24) is 9.47 Å². The highest BCUT2D eigenvalue weighted by Crippen LogP contribution is 2.26. The zero-order valence-electron chi connectivity index (χ0n) is 15.6. The number of esters is 1. The van der Waals surface area contributed by atoms with Crippen LogP contribution in [-0.4, -0.2) is 41.9 Å². The number of carbonyl (C=O) groups excluding carboxylic acids is 1. The van der Waals surface area contributed by atoms with Gasteiger partial charge in [0, 0.05) is 24.2 Å². The maximum Gasteiger partial charge on any atom is 0.355 e. The minimum Gasteiger partial charge on any atom is -0.478 e.